The molecular formula is C11H16ClN3OS. The second-order valence-electron chi connectivity index (χ2n) is 3.65. The normalized spacial score (nSPS) is 12.2. The summed E-state index contributed by atoms with van der Waals surface area (Å²) < 4.78 is 0. The van der Waals surface area contributed by atoms with Gasteiger partial charge in [0.2, 0.25) is 0 Å². The Labute approximate surface area is 111 Å². The lowest BCUT2D eigenvalue weighted by Crippen LogP contribution is -2.23. The van der Waals surface area contributed by atoms with E-state index in [-0.39, 0.29) is 11.2 Å². The summed E-state index contributed by atoms with van der Waals surface area (Å²) in [7, 11) is 0. The van der Waals surface area contributed by atoms with Gasteiger partial charge in [0, 0.05) is 11.8 Å². The van der Waals surface area contributed by atoms with Crippen LogP contribution in [0.2, 0.25) is 5.15 Å². The van der Waals surface area contributed by atoms with Crippen LogP contribution in [0.4, 0.5) is 5.82 Å². The summed E-state index contributed by atoms with van der Waals surface area (Å²) in [6, 6.07) is 0.272. The number of nitrogens with one attached hydrogen (secondary N) is 1. The molecule has 0 amide bonds. The fraction of sp³-hybridized carbons (Fsp3) is 0.545. The summed E-state index contributed by atoms with van der Waals surface area (Å²) >= 11 is 7.66. The second-order valence-corrected chi connectivity index (χ2v) is 4.92. The van der Waals surface area contributed by atoms with Crippen LogP contribution in [0.3, 0.4) is 0 Å². The molecule has 1 N–H and O–H groups in total. The first kappa shape index (κ1) is 14.3. The van der Waals surface area contributed by atoms with E-state index < -0.39 is 0 Å². The Hall–Kier alpha value is -0.810. The van der Waals surface area contributed by atoms with Crippen molar-refractivity contribution >= 4 is 35.5 Å². The van der Waals surface area contributed by atoms with Gasteiger partial charge in [-0.15, -0.1) is 0 Å². The third-order valence-corrected chi connectivity index (χ3v) is 3.35. The highest BCUT2D eigenvalue weighted by atomic mass is 35.5. The molecule has 0 saturated heterocycles. The highest BCUT2D eigenvalue weighted by Crippen LogP contribution is 2.20. The van der Waals surface area contributed by atoms with Crippen LogP contribution in [0.25, 0.3) is 0 Å². The van der Waals surface area contributed by atoms with Crippen LogP contribution >= 0.6 is 23.4 Å². The molecule has 0 aliphatic rings. The van der Waals surface area contributed by atoms with Crippen LogP contribution in [0.1, 0.15) is 29.5 Å². The van der Waals surface area contributed by atoms with Crippen LogP contribution in [-0.4, -0.2) is 34.3 Å². The Morgan fingerprint density at radius 3 is 2.76 bits per heavy atom. The molecular weight excluding hydrogens is 258 g/mol. The molecule has 1 rings (SSSR count). The van der Waals surface area contributed by atoms with Crippen molar-refractivity contribution < 1.29 is 4.79 Å². The van der Waals surface area contributed by atoms with Crippen molar-refractivity contribution in [3.05, 3.63) is 16.5 Å². The number of hydrogen-bond acceptors (Lipinski definition) is 5. The van der Waals surface area contributed by atoms with Gasteiger partial charge in [-0.05, 0) is 19.6 Å². The predicted molar refractivity (Wildman–Crippen MR) is 73.3 cm³/mol. The SMILES string of the molecule is CCC(CSC)Nc1nc(C)nc(Cl)c1C=O. The number of aromatic nitrogens is 2. The van der Waals surface area contributed by atoms with Crippen LogP contribution in [-0.2, 0) is 0 Å². The number of nitrogens with zero attached hydrogens (tertiary/aromatic N) is 2. The number of hydrogen-bond donors (Lipinski definition) is 1. The quantitative estimate of drug-likeness (QED) is 0.638. The standard InChI is InChI=1S/C11H16ClN3OS/c1-4-8(6-17-3)15-11-9(5-16)10(12)13-7(2)14-11/h5,8H,4,6H2,1-3H3,(H,13,14,15). The zero-order valence-corrected chi connectivity index (χ0v) is 11.7. The maximum absolute atomic E-state index is 11.0. The average molecular weight is 274 g/mol. The molecule has 17 heavy (non-hydrogen) atoms. The number of rotatable bonds is 6. The number of carbonyl (C=O) groups is 1. The fourth-order valence-electron chi connectivity index (χ4n) is 1.42. The van der Waals surface area contributed by atoms with Gasteiger partial charge in [0.15, 0.2) is 6.29 Å². The minimum absolute atomic E-state index is 0.203. The van der Waals surface area contributed by atoms with Crippen LogP contribution in [0.5, 0.6) is 0 Å². The molecule has 94 valence electrons. The molecule has 0 aliphatic carbocycles. The van der Waals surface area contributed by atoms with E-state index in [1.54, 1.807) is 18.7 Å². The van der Waals surface area contributed by atoms with Gasteiger partial charge >= 0.3 is 0 Å². The Bertz CT molecular complexity index is 401. The molecule has 1 aromatic rings. The summed E-state index contributed by atoms with van der Waals surface area (Å²) in [5, 5.41) is 3.45. The predicted octanol–water partition coefficient (Wildman–Crippen LogP) is 2.80. The van der Waals surface area contributed by atoms with Gasteiger partial charge in [-0.1, -0.05) is 18.5 Å². The molecule has 0 aromatic carbocycles. The smallest absolute Gasteiger partial charge is 0.156 e. The molecule has 4 nitrogen and oxygen atoms in total. The van der Waals surface area contributed by atoms with E-state index in [9.17, 15) is 4.79 Å². The van der Waals surface area contributed by atoms with Gasteiger partial charge in [-0.25, -0.2) is 9.97 Å². The van der Waals surface area contributed by atoms with Crippen molar-refractivity contribution in [1.29, 1.82) is 0 Å². The van der Waals surface area contributed by atoms with E-state index in [2.05, 4.69) is 22.2 Å². The minimum atomic E-state index is 0.203. The van der Waals surface area contributed by atoms with Crippen LogP contribution < -0.4 is 5.32 Å². The molecule has 1 unspecified atom stereocenters. The maximum atomic E-state index is 11.0. The monoisotopic (exact) mass is 273 g/mol. The number of halogens is 1. The molecule has 1 heterocycles. The van der Waals surface area contributed by atoms with E-state index in [4.69, 9.17) is 11.6 Å². The molecule has 0 bridgehead atoms. The third kappa shape index (κ3) is 3.85. The third-order valence-electron chi connectivity index (χ3n) is 2.33. The largest absolute Gasteiger partial charge is 0.366 e. The Morgan fingerprint density at radius 1 is 1.53 bits per heavy atom. The Morgan fingerprint density at radius 2 is 2.24 bits per heavy atom. The number of anilines is 1. The van der Waals surface area contributed by atoms with Crippen molar-refractivity contribution in [2.75, 3.05) is 17.3 Å². The Balaban J connectivity index is 2.99. The molecule has 0 fully saturated rings. The molecule has 0 saturated carbocycles. The minimum Gasteiger partial charge on any atom is -0.366 e. The number of aldehydes is 1. The van der Waals surface area contributed by atoms with Crippen molar-refractivity contribution in [1.82, 2.24) is 9.97 Å². The molecule has 6 heteroatoms. The molecule has 1 aromatic heterocycles. The van der Waals surface area contributed by atoms with E-state index in [0.717, 1.165) is 12.2 Å². The van der Waals surface area contributed by atoms with Crippen LogP contribution in [0.15, 0.2) is 0 Å². The van der Waals surface area contributed by atoms with Gasteiger partial charge in [-0.2, -0.15) is 11.8 Å². The zero-order chi connectivity index (χ0) is 12.8. The van der Waals surface area contributed by atoms with Crippen molar-refractivity contribution in [2.24, 2.45) is 0 Å². The zero-order valence-electron chi connectivity index (χ0n) is 10.2. The summed E-state index contributed by atoms with van der Waals surface area (Å²) in [4.78, 5) is 19.2. The maximum Gasteiger partial charge on any atom is 0.156 e. The van der Waals surface area contributed by atoms with Crippen molar-refractivity contribution in [2.45, 2.75) is 26.3 Å². The molecule has 1 atom stereocenters. The van der Waals surface area contributed by atoms with E-state index in [1.807, 2.05) is 6.26 Å². The van der Waals surface area contributed by atoms with E-state index in [1.165, 1.54) is 0 Å². The summed E-state index contributed by atoms with van der Waals surface area (Å²) in [6.45, 7) is 3.84. The van der Waals surface area contributed by atoms with Gasteiger partial charge in [0.1, 0.15) is 16.8 Å². The lowest BCUT2D eigenvalue weighted by Gasteiger charge is -2.18. The van der Waals surface area contributed by atoms with Crippen LogP contribution in [0, 0.1) is 6.92 Å². The first-order valence-corrected chi connectivity index (χ1v) is 7.14. The fourth-order valence-corrected chi connectivity index (χ4v) is 2.40. The highest BCUT2D eigenvalue weighted by molar-refractivity contribution is 7.98. The number of carbonyl (C=O) groups excluding carboxylic acids is 1. The number of aryl methyl sites for hydroxylation is 1. The summed E-state index contributed by atoms with van der Waals surface area (Å²) in [6.07, 6.45) is 3.69. The molecule has 0 spiro atoms. The molecule has 0 radical (unpaired) electrons. The van der Waals surface area contributed by atoms with Gasteiger partial charge in [-0.3, -0.25) is 4.79 Å². The van der Waals surface area contributed by atoms with Gasteiger partial charge in [0.25, 0.3) is 0 Å². The topological polar surface area (TPSA) is 54.9 Å². The van der Waals surface area contributed by atoms with E-state index in [0.29, 0.717) is 23.5 Å². The molecule has 0 aliphatic heterocycles. The van der Waals surface area contributed by atoms with Crippen molar-refractivity contribution in [3.63, 3.8) is 0 Å². The lowest BCUT2D eigenvalue weighted by molar-refractivity contribution is 0.112. The summed E-state index contributed by atoms with van der Waals surface area (Å²) in [5.74, 6) is 2.04. The van der Waals surface area contributed by atoms with Gasteiger partial charge < -0.3 is 5.32 Å². The lowest BCUT2D eigenvalue weighted by atomic mass is 10.2. The Kier molecular flexibility index (Phi) is 5.71. The summed E-state index contributed by atoms with van der Waals surface area (Å²) in [5.41, 5.74) is 0.330. The first-order chi connectivity index (χ1) is 8.12. The van der Waals surface area contributed by atoms with E-state index >= 15 is 0 Å². The second kappa shape index (κ2) is 6.81. The first-order valence-electron chi connectivity index (χ1n) is 5.37. The average Bonchev–Trinajstić information content (AvgIpc) is 2.28. The number of thioether (sulfide) groups is 1. The highest BCUT2D eigenvalue weighted by Gasteiger charge is 2.14. The van der Waals surface area contributed by atoms with Crippen molar-refractivity contribution in [3.8, 4) is 0 Å². The van der Waals surface area contributed by atoms with Gasteiger partial charge in [0.05, 0.1) is 5.56 Å².